The molecular weight excluding hydrogens is 443 g/mol. The number of rotatable bonds is 9. The van der Waals surface area contributed by atoms with Crippen LogP contribution in [0.4, 0.5) is 0 Å². The van der Waals surface area contributed by atoms with Crippen LogP contribution in [0.25, 0.3) is 0 Å². The van der Waals surface area contributed by atoms with E-state index in [2.05, 4.69) is 91.0 Å². The second-order valence-electron chi connectivity index (χ2n) is 6.80. The molecule has 2 nitrogen and oxygen atoms in total. The lowest BCUT2D eigenvalue weighted by Gasteiger charge is -2.27. The second kappa shape index (κ2) is 11.9. The van der Waals surface area contributed by atoms with Gasteiger partial charge in [-0.15, -0.1) is 0 Å². The van der Waals surface area contributed by atoms with Gasteiger partial charge in [0.1, 0.15) is 23.2 Å². The Morgan fingerprint density at radius 2 is 1.14 bits per heavy atom. The number of hydrogen-bond donors (Lipinski definition) is 0. The minimum atomic E-state index is -1.78. The predicted octanol–water partition coefficient (Wildman–Crippen LogP) is 1.72. The van der Waals surface area contributed by atoms with Gasteiger partial charge in [0, 0.05) is 6.42 Å². The van der Waals surface area contributed by atoms with Gasteiger partial charge in [0.15, 0.2) is 0 Å². The smallest absolute Gasteiger partial charge is 0.305 e. The molecule has 0 aliphatic rings. The normalized spacial score (nSPS) is 10.8. The van der Waals surface area contributed by atoms with E-state index in [1.54, 1.807) is 0 Å². The van der Waals surface area contributed by atoms with Crippen molar-refractivity contribution in [3.8, 4) is 0 Å². The lowest BCUT2D eigenvalue weighted by atomic mass is 10.2. The maximum Gasteiger partial charge on any atom is 0.305 e. The first-order valence-electron chi connectivity index (χ1n) is 9.98. The van der Waals surface area contributed by atoms with Gasteiger partial charge in [0.05, 0.1) is 12.8 Å². The molecule has 0 atom stereocenters. The quantitative estimate of drug-likeness (QED) is 0.270. The Bertz CT molecular complexity index is 757. The van der Waals surface area contributed by atoms with Crippen LogP contribution in [0, 0.1) is 0 Å². The van der Waals surface area contributed by atoms with Crippen LogP contribution in [-0.4, -0.2) is 18.7 Å². The van der Waals surface area contributed by atoms with Crippen molar-refractivity contribution in [1.82, 2.24) is 0 Å². The number of carbonyl (C=O) groups excluding carboxylic acids is 1. The molecule has 0 N–H and O–H groups in total. The zero-order valence-electron chi connectivity index (χ0n) is 16.8. The van der Waals surface area contributed by atoms with Gasteiger partial charge in [0.2, 0.25) is 0 Å². The summed E-state index contributed by atoms with van der Waals surface area (Å²) in [5, 5.41) is 4.18. The molecule has 0 aliphatic heterocycles. The molecule has 0 saturated heterocycles. The number of halogens is 1. The standard InChI is InChI=1S/C25H28O2P.BrH/c1-2-27-25(26)20-12-13-21-28(22-14-6-3-7-15-22,23-16-8-4-9-17-23)24-18-10-5-11-19-24;/h3-11,14-19H,2,12-13,20-21H2,1H3;1H/q+1;/p-1. The van der Waals surface area contributed by atoms with Crippen LogP contribution in [-0.2, 0) is 9.53 Å². The van der Waals surface area contributed by atoms with Gasteiger partial charge >= 0.3 is 5.97 Å². The van der Waals surface area contributed by atoms with E-state index in [1.807, 2.05) is 6.92 Å². The molecule has 29 heavy (non-hydrogen) atoms. The third-order valence-electron chi connectivity index (χ3n) is 5.02. The zero-order chi connectivity index (χ0) is 19.7. The number of esters is 1. The lowest BCUT2D eigenvalue weighted by Crippen LogP contribution is -3.00. The summed E-state index contributed by atoms with van der Waals surface area (Å²) in [6.45, 7) is 2.31. The van der Waals surface area contributed by atoms with Crippen molar-refractivity contribution in [2.45, 2.75) is 26.2 Å². The molecule has 0 spiro atoms. The van der Waals surface area contributed by atoms with E-state index in [1.165, 1.54) is 15.9 Å². The molecule has 3 aromatic carbocycles. The van der Waals surface area contributed by atoms with Crippen molar-refractivity contribution in [2.24, 2.45) is 0 Å². The summed E-state index contributed by atoms with van der Waals surface area (Å²) in [6, 6.07) is 32.6. The summed E-state index contributed by atoms with van der Waals surface area (Å²) in [7, 11) is -1.78. The summed E-state index contributed by atoms with van der Waals surface area (Å²) in [5.74, 6) is -0.0921. The first-order chi connectivity index (χ1) is 13.8. The van der Waals surface area contributed by atoms with Gasteiger partial charge in [0.25, 0.3) is 0 Å². The van der Waals surface area contributed by atoms with Crippen molar-refractivity contribution in [3.05, 3.63) is 91.0 Å². The molecule has 0 aliphatic carbocycles. The Hall–Kier alpha value is -1.96. The monoisotopic (exact) mass is 470 g/mol. The summed E-state index contributed by atoms with van der Waals surface area (Å²) in [5.41, 5.74) is 0. The van der Waals surface area contributed by atoms with E-state index in [0.717, 1.165) is 19.0 Å². The highest BCUT2D eigenvalue weighted by molar-refractivity contribution is 7.95. The van der Waals surface area contributed by atoms with Crippen molar-refractivity contribution in [3.63, 3.8) is 0 Å². The number of benzene rings is 3. The van der Waals surface area contributed by atoms with Crippen molar-refractivity contribution >= 4 is 29.1 Å². The van der Waals surface area contributed by atoms with Crippen LogP contribution >= 0.6 is 7.26 Å². The molecule has 0 amide bonds. The van der Waals surface area contributed by atoms with E-state index in [9.17, 15) is 4.79 Å². The molecule has 152 valence electrons. The van der Waals surface area contributed by atoms with Crippen molar-refractivity contribution < 1.29 is 26.5 Å². The average molecular weight is 471 g/mol. The fraction of sp³-hybridized carbons (Fsp3) is 0.240. The lowest BCUT2D eigenvalue weighted by molar-refractivity contribution is -0.143. The summed E-state index contributed by atoms with van der Waals surface area (Å²) < 4.78 is 5.10. The third kappa shape index (κ3) is 5.78. The van der Waals surface area contributed by atoms with Crippen LogP contribution in [0.1, 0.15) is 26.2 Å². The molecular formula is C25H28BrO2P. The Morgan fingerprint density at radius 3 is 1.52 bits per heavy atom. The van der Waals surface area contributed by atoms with Crippen molar-refractivity contribution in [2.75, 3.05) is 12.8 Å². The fourth-order valence-corrected chi connectivity index (χ4v) is 8.14. The minimum Gasteiger partial charge on any atom is -1.00 e. The summed E-state index contributed by atoms with van der Waals surface area (Å²) in [6.07, 6.45) is 3.38. The van der Waals surface area contributed by atoms with Crippen LogP contribution < -0.4 is 32.9 Å². The van der Waals surface area contributed by atoms with E-state index in [4.69, 9.17) is 4.74 Å². The Kier molecular flexibility index (Phi) is 9.57. The predicted molar refractivity (Wildman–Crippen MR) is 120 cm³/mol. The average Bonchev–Trinajstić information content (AvgIpc) is 2.76. The van der Waals surface area contributed by atoms with Gasteiger partial charge in [-0.1, -0.05) is 54.6 Å². The number of ether oxygens (including phenoxy) is 1. The van der Waals surface area contributed by atoms with Crippen molar-refractivity contribution in [1.29, 1.82) is 0 Å². The van der Waals surface area contributed by atoms with Crippen LogP contribution in [0.3, 0.4) is 0 Å². The number of unbranched alkanes of at least 4 members (excludes halogenated alkanes) is 1. The number of hydrogen-bond acceptors (Lipinski definition) is 2. The molecule has 0 bridgehead atoms. The topological polar surface area (TPSA) is 26.3 Å². The Balaban J connectivity index is 0.00000300. The molecule has 0 saturated carbocycles. The van der Waals surface area contributed by atoms with Gasteiger partial charge in [-0.25, -0.2) is 0 Å². The Labute approximate surface area is 185 Å². The zero-order valence-corrected chi connectivity index (χ0v) is 19.3. The third-order valence-corrected chi connectivity index (χ3v) is 9.55. The van der Waals surface area contributed by atoms with Gasteiger partial charge in [-0.05, 0) is 56.2 Å². The SMILES string of the molecule is CCOC(=O)CCCC[P+](c1ccccc1)(c1ccccc1)c1ccccc1.[Br-]. The summed E-state index contributed by atoms with van der Waals surface area (Å²) in [4.78, 5) is 11.8. The molecule has 3 aromatic rings. The van der Waals surface area contributed by atoms with Crippen LogP contribution in [0.5, 0.6) is 0 Å². The summed E-state index contributed by atoms with van der Waals surface area (Å²) >= 11 is 0. The molecule has 0 unspecified atom stereocenters. The van der Waals surface area contributed by atoms with E-state index >= 15 is 0 Å². The molecule has 0 aromatic heterocycles. The van der Waals surface area contributed by atoms with Crippen LogP contribution in [0.2, 0.25) is 0 Å². The van der Waals surface area contributed by atoms with Gasteiger partial charge in [-0.3, -0.25) is 4.79 Å². The van der Waals surface area contributed by atoms with E-state index in [-0.39, 0.29) is 23.0 Å². The molecule has 3 rings (SSSR count). The number of carbonyl (C=O) groups is 1. The van der Waals surface area contributed by atoms with E-state index in [0.29, 0.717) is 13.0 Å². The first-order valence-corrected chi connectivity index (χ1v) is 12.0. The fourth-order valence-electron chi connectivity index (χ4n) is 3.73. The van der Waals surface area contributed by atoms with Crippen LogP contribution in [0.15, 0.2) is 91.0 Å². The second-order valence-corrected chi connectivity index (χ2v) is 10.4. The highest BCUT2D eigenvalue weighted by atomic mass is 79.9. The first kappa shape index (κ1) is 23.3. The minimum absolute atomic E-state index is 0. The Morgan fingerprint density at radius 1 is 0.724 bits per heavy atom. The van der Waals surface area contributed by atoms with Gasteiger partial charge in [-0.2, -0.15) is 0 Å². The molecule has 0 heterocycles. The maximum absolute atomic E-state index is 11.8. The largest absolute Gasteiger partial charge is 1.00 e. The molecule has 0 fully saturated rings. The maximum atomic E-state index is 11.8. The highest BCUT2D eigenvalue weighted by Gasteiger charge is 2.44. The van der Waals surface area contributed by atoms with E-state index < -0.39 is 7.26 Å². The molecule has 0 radical (unpaired) electrons. The molecule has 4 heteroatoms. The van der Waals surface area contributed by atoms with Gasteiger partial charge < -0.3 is 21.7 Å². The highest BCUT2D eigenvalue weighted by Crippen LogP contribution is 2.55.